The highest BCUT2D eigenvalue weighted by Crippen LogP contribution is 2.40. The van der Waals surface area contributed by atoms with Crippen molar-refractivity contribution in [3.63, 3.8) is 0 Å². The van der Waals surface area contributed by atoms with Gasteiger partial charge >= 0.3 is 0 Å². The monoisotopic (exact) mass is 1860 g/mol. The molecule has 0 saturated carbocycles. The van der Waals surface area contributed by atoms with Crippen LogP contribution in [0, 0.1) is 0 Å². The van der Waals surface area contributed by atoms with Gasteiger partial charge in [0, 0.05) is 181 Å². The summed E-state index contributed by atoms with van der Waals surface area (Å²) in [6, 6.07) is 38.1. The number of nitrogens with zero attached hydrogens (tertiary/aromatic N) is 21. The zero-order chi connectivity index (χ0) is 91.0. The van der Waals surface area contributed by atoms with E-state index in [1.54, 1.807) is 74.9 Å². The number of hydrogen-bond donors (Lipinski definition) is 3. The number of anilines is 4. The van der Waals surface area contributed by atoms with Gasteiger partial charge < -0.3 is 68.9 Å². The van der Waals surface area contributed by atoms with Crippen molar-refractivity contribution in [1.29, 1.82) is 0 Å². The summed E-state index contributed by atoms with van der Waals surface area (Å²) in [4.78, 5) is 139. The van der Waals surface area contributed by atoms with Gasteiger partial charge in [-0.3, -0.25) is 49.1 Å². The predicted molar refractivity (Wildman–Crippen MR) is 514 cm³/mol. The van der Waals surface area contributed by atoms with E-state index in [-0.39, 0.29) is 23.6 Å². The molecule has 0 spiro atoms. The molecule has 4 aliphatic rings. The first kappa shape index (κ1) is 90.8. The van der Waals surface area contributed by atoms with Crippen LogP contribution < -0.4 is 45.0 Å². The largest absolute Gasteiger partial charge is 0.481 e. The van der Waals surface area contributed by atoms with Gasteiger partial charge in [-0.1, -0.05) is 42.5 Å². The smallest absolute Gasteiger partial charge is 0.255 e. The highest BCUT2D eigenvalue weighted by molar-refractivity contribution is 7.18. The number of methoxy groups -OCH3 is 2. The van der Waals surface area contributed by atoms with Crippen LogP contribution in [-0.4, -0.2) is 261 Å². The minimum atomic E-state index is -0.142. The normalized spacial score (nSPS) is 13.8. The van der Waals surface area contributed by atoms with Crippen molar-refractivity contribution in [2.24, 2.45) is 0 Å². The number of thiophene rings is 4. The second-order valence-electron chi connectivity index (χ2n) is 30.7. The van der Waals surface area contributed by atoms with Gasteiger partial charge in [-0.05, 0) is 115 Å². The van der Waals surface area contributed by atoms with Crippen molar-refractivity contribution in [1.82, 2.24) is 101 Å². The number of pyridine rings is 8. The van der Waals surface area contributed by atoms with E-state index in [1.165, 1.54) is 45.3 Å². The Balaban J connectivity index is 0.000000124. The maximum Gasteiger partial charge on any atom is 0.255 e. The summed E-state index contributed by atoms with van der Waals surface area (Å²) >= 11 is 5.80. The third-order valence-electron chi connectivity index (χ3n) is 22.1. The first-order chi connectivity index (χ1) is 65.4. The molecular formula is C95H94N24O10S4. The Morgan fingerprint density at radius 1 is 0.346 bits per heavy atom. The van der Waals surface area contributed by atoms with Crippen LogP contribution in [0.5, 0.6) is 11.8 Å². The van der Waals surface area contributed by atoms with Gasteiger partial charge in [-0.15, -0.1) is 45.3 Å². The van der Waals surface area contributed by atoms with Crippen molar-refractivity contribution in [2.75, 3.05) is 172 Å². The summed E-state index contributed by atoms with van der Waals surface area (Å²) in [5.74, 6) is 5.97. The van der Waals surface area contributed by atoms with E-state index >= 15 is 0 Å². The second-order valence-corrected chi connectivity index (χ2v) is 34.1. The summed E-state index contributed by atoms with van der Waals surface area (Å²) < 4.78 is 32.3. The molecule has 0 radical (unpaired) electrons. The Bertz CT molecular complexity index is 6390. The maximum absolute atomic E-state index is 13.5. The fourth-order valence-electron chi connectivity index (χ4n) is 15.1. The number of carbonyl (C=O) groups excluding carboxylic acids is 4. The molecule has 34 nitrogen and oxygen atoms in total. The molecule has 38 heteroatoms. The number of nitrogens with one attached hydrogen (secondary N) is 3. The lowest BCUT2D eigenvalue weighted by Crippen LogP contribution is -2.37. The summed E-state index contributed by atoms with van der Waals surface area (Å²) in [5.41, 5.74) is 9.51. The van der Waals surface area contributed by atoms with Crippen molar-refractivity contribution in [2.45, 2.75) is 25.7 Å². The third-order valence-corrected chi connectivity index (χ3v) is 25.6. The molecule has 0 atom stereocenters. The van der Waals surface area contributed by atoms with Gasteiger partial charge in [0.2, 0.25) is 11.8 Å². The van der Waals surface area contributed by atoms with Crippen LogP contribution in [0.2, 0.25) is 0 Å². The molecule has 133 heavy (non-hydrogen) atoms. The van der Waals surface area contributed by atoms with E-state index < -0.39 is 0 Å². The molecular weight excluding hydrogens is 1770 g/mol. The zero-order valence-corrected chi connectivity index (χ0v) is 76.5. The van der Waals surface area contributed by atoms with Crippen molar-refractivity contribution in [3.05, 3.63) is 249 Å². The first-order valence-corrected chi connectivity index (χ1v) is 47.0. The number of morpholine rings is 4. The minimum Gasteiger partial charge on any atom is -0.481 e. The molecule has 16 aromatic rings. The molecule has 4 saturated heterocycles. The molecule has 0 aromatic carbocycles. The Hall–Kier alpha value is -14.1. The van der Waals surface area contributed by atoms with Crippen LogP contribution in [0.1, 0.15) is 63.7 Å². The van der Waals surface area contributed by atoms with Crippen LogP contribution in [-0.2, 0) is 44.6 Å². The highest BCUT2D eigenvalue weighted by Gasteiger charge is 2.31. The molecule has 0 unspecified atom stereocenters. The van der Waals surface area contributed by atoms with Gasteiger partial charge in [-0.2, -0.15) is 0 Å². The molecule has 0 aliphatic carbocycles. The Kier molecular flexibility index (Phi) is 30.5. The fourth-order valence-corrected chi connectivity index (χ4v) is 18.8. The highest BCUT2D eigenvalue weighted by atomic mass is 32.1. The van der Waals surface area contributed by atoms with Crippen molar-refractivity contribution >= 4 is 133 Å². The van der Waals surface area contributed by atoms with Gasteiger partial charge in [0.15, 0.2) is 23.3 Å². The zero-order valence-electron chi connectivity index (χ0n) is 73.2. The number of likely N-dealkylation sites (N-methyl/N-ethyl adjacent to an activating group) is 1. The first-order valence-electron chi connectivity index (χ1n) is 43.4. The SMILES string of the molecule is COc1ccc(CCN(C)C(=O)c2csc3nc(-c4ccccn4)nc(N4CCOCC4)c23)cn1.COc1ccc(CCNC(=O)c2csc3nc(-c4ccccn4)nc(N4CCOCC4)c23)cn1.O=C(NCCc1cccnc1)c1csc2nc(-c3ccccn3)nc(N3CCOCC3)c12.O=C(NCCc1ccncc1)c1csc2nc(-c3ccccn3)nc(N3CCOCC3)c12. The van der Waals surface area contributed by atoms with E-state index in [0.717, 1.165) is 99.2 Å². The Morgan fingerprint density at radius 2 is 0.677 bits per heavy atom. The van der Waals surface area contributed by atoms with Gasteiger partial charge in [0.25, 0.3) is 23.6 Å². The van der Waals surface area contributed by atoms with E-state index in [1.807, 2.05) is 156 Å². The number of hydrogen-bond acceptors (Lipinski definition) is 34. The number of carbonyl (C=O) groups is 4. The van der Waals surface area contributed by atoms with Crippen molar-refractivity contribution < 1.29 is 47.6 Å². The van der Waals surface area contributed by atoms with Gasteiger partial charge in [0.1, 0.15) is 65.4 Å². The number of aromatic nitrogens is 16. The van der Waals surface area contributed by atoms with Crippen LogP contribution in [0.25, 0.3) is 86.9 Å². The van der Waals surface area contributed by atoms with E-state index in [2.05, 4.69) is 75.4 Å². The minimum absolute atomic E-state index is 0.0542. The number of rotatable bonds is 26. The molecule has 20 rings (SSSR count). The predicted octanol–water partition coefficient (Wildman–Crippen LogP) is 12.2. The topological polar surface area (TPSA) is 382 Å². The quantitative estimate of drug-likeness (QED) is 0.0453. The van der Waals surface area contributed by atoms with Gasteiger partial charge in [0.05, 0.1) is 111 Å². The fraction of sp³-hybridized carbons (Fsp3) is 0.284. The molecule has 4 aliphatic heterocycles. The van der Waals surface area contributed by atoms with Crippen LogP contribution >= 0.6 is 45.3 Å². The van der Waals surface area contributed by atoms with E-state index in [0.29, 0.717) is 224 Å². The number of fused-ring (bicyclic) bond motifs is 4. The average Bonchev–Trinajstić information content (AvgIpc) is 1.66. The number of ether oxygens (including phenoxy) is 6. The average molecular weight is 1860 g/mol. The Morgan fingerprint density at radius 3 is 0.992 bits per heavy atom. The van der Waals surface area contributed by atoms with Gasteiger partial charge in [-0.25, -0.2) is 49.8 Å². The van der Waals surface area contributed by atoms with E-state index in [4.69, 9.17) is 68.3 Å². The maximum atomic E-state index is 13.5. The molecule has 4 fully saturated rings. The van der Waals surface area contributed by atoms with Crippen LogP contribution in [0.3, 0.4) is 0 Å². The molecule has 678 valence electrons. The molecule has 0 bridgehead atoms. The van der Waals surface area contributed by atoms with Crippen LogP contribution in [0.4, 0.5) is 23.3 Å². The summed E-state index contributed by atoms with van der Waals surface area (Å²) in [6.07, 6.45) is 20.3. The van der Waals surface area contributed by atoms with Crippen molar-refractivity contribution in [3.8, 4) is 57.8 Å². The molecule has 16 aromatic heterocycles. The van der Waals surface area contributed by atoms with Crippen LogP contribution in [0.15, 0.2) is 205 Å². The molecule has 4 amide bonds. The lowest BCUT2D eigenvalue weighted by atomic mass is 10.1. The second kappa shape index (κ2) is 44.7. The number of amides is 4. The lowest BCUT2D eigenvalue weighted by molar-refractivity contribution is 0.0797. The summed E-state index contributed by atoms with van der Waals surface area (Å²) in [5, 5.41) is 19.7. The standard InChI is InChI=1S/C25H26N6O3S.C24H24N6O3S.2C23H22N6O2S/c1-30(10-8-17-6-7-20(33-2)27-15-17)25(32)18-16-35-24-21(18)23(31-11-13-34-14-12-31)28-22(29-24)19-5-3-4-9-26-19;1-32-19-6-5-16(14-27-19)7-9-26-23(31)17-15-34-24-20(17)22(30-10-12-33-13-11-30)28-21(29-24)18-4-2-3-8-25-18;30-22(26-9-6-16-4-3-7-24-14-16)17-15-32-23-19(17)21(29-10-12-31-13-11-29)27-20(28-23)18-5-1-2-8-25-18;30-22(26-10-6-16-4-8-24-9-5-16)17-15-32-23-19(17)21(29-11-13-31-14-12-29)27-20(28-23)18-3-1-2-7-25-18/h3-7,9,15-16H,8,10-14H2,1-2H3;2-6,8,14-15H,7,9-13H2,1H3,(H,26,31);1-5,7-8,14-15H,6,9-13H2,(H,26,30);1-5,7-9,15H,6,10-14H2,(H,26,30). The molecule has 3 N–H and O–H groups in total. The lowest BCUT2D eigenvalue weighted by Gasteiger charge is -2.29. The summed E-state index contributed by atoms with van der Waals surface area (Å²) in [7, 11) is 5.00. The third kappa shape index (κ3) is 22.6. The molecule has 20 heterocycles. The van der Waals surface area contributed by atoms with E-state index in [9.17, 15) is 19.2 Å². The Labute approximate surface area is 781 Å². The summed E-state index contributed by atoms with van der Waals surface area (Å²) in [6.45, 7) is 12.8.